The summed E-state index contributed by atoms with van der Waals surface area (Å²) in [5, 5.41) is 14.7. The molecule has 3 unspecified atom stereocenters. The lowest BCUT2D eigenvalue weighted by Gasteiger charge is -2.34. The van der Waals surface area contributed by atoms with Crippen LogP contribution in [0, 0.1) is 12.8 Å². The summed E-state index contributed by atoms with van der Waals surface area (Å²) >= 11 is 0. The van der Waals surface area contributed by atoms with E-state index in [0.717, 1.165) is 36.3 Å². The van der Waals surface area contributed by atoms with Crippen molar-refractivity contribution in [2.75, 3.05) is 10.6 Å². The van der Waals surface area contributed by atoms with Crippen molar-refractivity contribution in [1.82, 2.24) is 15.1 Å². The Morgan fingerprint density at radius 2 is 1.74 bits per heavy atom. The molecule has 1 aromatic heterocycles. The standard InChI is InChI=1S/C30H41N5O.2ClH/c1-7-24-18-22(16-21(3)31-24)17-23-10-8-9-11-26(23)32-29(36)33-28-19-27(30(4,5)6)34-35(28)25-14-12-20(2)13-15-25;;/h8-15,19,21-22,24,31H,7,16-18H2,1-6H3,(H2,32,33,36);2*1H. The average molecular weight is 561 g/mol. The molecule has 0 saturated carbocycles. The van der Waals surface area contributed by atoms with Crippen LogP contribution in [0.1, 0.15) is 70.7 Å². The maximum Gasteiger partial charge on any atom is 0.324 e. The highest BCUT2D eigenvalue weighted by molar-refractivity contribution is 6.00. The molecule has 208 valence electrons. The van der Waals surface area contributed by atoms with Gasteiger partial charge in [0.1, 0.15) is 5.82 Å². The number of nitrogens with zero attached hydrogens (tertiary/aromatic N) is 2. The van der Waals surface area contributed by atoms with E-state index in [9.17, 15) is 4.79 Å². The highest BCUT2D eigenvalue weighted by atomic mass is 35.5. The summed E-state index contributed by atoms with van der Waals surface area (Å²) in [7, 11) is 0. The predicted octanol–water partition coefficient (Wildman–Crippen LogP) is 7.68. The molecule has 1 saturated heterocycles. The van der Waals surface area contributed by atoms with Gasteiger partial charge in [-0.2, -0.15) is 5.10 Å². The van der Waals surface area contributed by atoms with Crippen LogP contribution in [0.4, 0.5) is 16.3 Å². The Bertz CT molecular complexity index is 1190. The van der Waals surface area contributed by atoms with Crippen molar-refractivity contribution < 1.29 is 4.79 Å². The van der Waals surface area contributed by atoms with E-state index >= 15 is 0 Å². The van der Waals surface area contributed by atoms with Crippen molar-refractivity contribution in [3.63, 3.8) is 0 Å². The van der Waals surface area contributed by atoms with Gasteiger partial charge in [-0.25, -0.2) is 9.48 Å². The lowest BCUT2D eigenvalue weighted by atomic mass is 9.83. The van der Waals surface area contributed by atoms with Crippen molar-refractivity contribution >= 4 is 42.4 Å². The van der Waals surface area contributed by atoms with Gasteiger partial charge in [0, 0.05) is 29.3 Å². The zero-order chi connectivity index (χ0) is 25.9. The number of halogens is 2. The van der Waals surface area contributed by atoms with E-state index in [1.165, 1.54) is 17.5 Å². The van der Waals surface area contributed by atoms with Gasteiger partial charge in [0.2, 0.25) is 0 Å². The number of nitrogens with one attached hydrogen (secondary N) is 3. The molecule has 1 fully saturated rings. The number of hydrogen-bond acceptors (Lipinski definition) is 3. The van der Waals surface area contributed by atoms with E-state index in [0.29, 0.717) is 23.8 Å². The summed E-state index contributed by atoms with van der Waals surface area (Å²) < 4.78 is 1.81. The number of rotatable bonds is 6. The number of aromatic nitrogens is 2. The number of anilines is 2. The van der Waals surface area contributed by atoms with Crippen molar-refractivity contribution in [1.29, 1.82) is 0 Å². The summed E-state index contributed by atoms with van der Waals surface area (Å²) in [4.78, 5) is 13.2. The largest absolute Gasteiger partial charge is 0.324 e. The van der Waals surface area contributed by atoms with Crippen molar-refractivity contribution in [3.8, 4) is 5.69 Å². The van der Waals surface area contributed by atoms with Crippen LogP contribution in [0.2, 0.25) is 0 Å². The fourth-order valence-corrected chi connectivity index (χ4v) is 5.11. The van der Waals surface area contributed by atoms with Crippen molar-refractivity contribution in [2.45, 2.75) is 84.7 Å². The molecule has 38 heavy (non-hydrogen) atoms. The van der Waals surface area contributed by atoms with Gasteiger partial charge >= 0.3 is 6.03 Å². The van der Waals surface area contributed by atoms with Crippen molar-refractivity contribution in [2.24, 2.45) is 5.92 Å². The number of carbonyl (C=O) groups excluding carboxylic acids is 1. The fraction of sp³-hybridized carbons (Fsp3) is 0.467. The topological polar surface area (TPSA) is 71.0 Å². The van der Waals surface area contributed by atoms with Gasteiger partial charge in [-0.15, -0.1) is 24.8 Å². The first-order valence-corrected chi connectivity index (χ1v) is 13.2. The molecule has 2 amide bonds. The average Bonchev–Trinajstić information content (AvgIpc) is 3.24. The normalized spacial score (nSPS) is 19.2. The molecule has 2 aromatic carbocycles. The van der Waals surface area contributed by atoms with Gasteiger partial charge in [0.15, 0.2) is 0 Å². The van der Waals surface area contributed by atoms with Gasteiger partial charge in [-0.05, 0) is 69.2 Å². The molecule has 1 aliphatic rings. The molecule has 0 spiro atoms. The van der Waals surface area contributed by atoms with E-state index in [4.69, 9.17) is 5.10 Å². The maximum absolute atomic E-state index is 13.2. The molecule has 0 bridgehead atoms. The summed E-state index contributed by atoms with van der Waals surface area (Å²) in [5.74, 6) is 1.26. The number of aryl methyl sites for hydroxylation is 1. The Labute approximate surface area is 240 Å². The lowest BCUT2D eigenvalue weighted by molar-refractivity contribution is 0.246. The lowest BCUT2D eigenvalue weighted by Crippen LogP contribution is -2.44. The molecule has 0 aliphatic carbocycles. The quantitative estimate of drug-likeness (QED) is 0.290. The van der Waals surface area contributed by atoms with Crippen LogP contribution in [0.25, 0.3) is 5.69 Å². The van der Waals surface area contributed by atoms with E-state index in [-0.39, 0.29) is 36.3 Å². The van der Waals surface area contributed by atoms with Crippen LogP contribution < -0.4 is 16.0 Å². The first kappa shape index (κ1) is 31.7. The minimum Gasteiger partial charge on any atom is -0.311 e. The van der Waals surface area contributed by atoms with Gasteiger partial charge in [0.25, 0.3) is 0 Å². The third kappa shape index (κ3) is 7.98. The van der Waals surface area contributed by atoms with Gasteiger partial charge in [-0.3, -0.25) is 5.32 Å². The van der Waals surface area contributed by atoms with Gasteiger partial charge < -0.3 is 10.6 Å². The zero-order valence-corrected chi connectivity index (χ0v) is 25.0. The van der Waals surface area contributed by atoms with Gasteiger partial charge in [-0.1, -0.05) is 63.6 Å². The molecule has 1 aliphatic heterocycles. The van der Waals surface area contributed by atoms with E-state index in [2.05, 4.69) is 81.8 Å². The SMILES string of the molecule is CCC1CC(Cc2ccccc2NC(=O)Nc2cc(C(C)(C)C)nn2-c2ccc(C)cc2)CC(C)N1.Cl.Cl. The molecule has 0 radical (unpaired) electrons. The van der Waals surface area contributed by atoms with E-state index in [1.807, 2.05) is 35.0 Å². The Morgan fingerprint density at radius 1 is 1.05 bits per heavy atom. The number of hydrogen-bond donors (Lipinski definition) is 3. The first-order valence-electron chi connectivity index (χ1n) is 13.2. The number of piperidine rings is 1. The monoisotopic (exact) mass is 559 g/mol. The third-order valence-corrected chi connectivity index (χ3v) is 7.09. The Morgan fingerprint density at radius 3 is 2.39 bits per heavy atom. The minimum absolute atomic E-state index is 0. The zero-order valence-electron chi connectivity index (χ0n) is 23.4. The second-order valence-corrected chi connectivity index (χ2v) is 11.4. The summed E-state index contributed by atoms with van der Waals surface area (Å²) in [6.07, 6.45) is 4.44. The first-order chi connectivity index (χ1) is 17.1. The summed E-state index contributed by atoms with van der Waals surface area (Å²) in [5.41, 5.74) is 4.93. The number of urea groups is 1. The molecular weight excluding hydrogens is 517 g/mol. The van der Waals surface area contributed by atoms with Crippen LogP contribution >= 0.6 is 24.8 Å². The van der Waals surface area contributed by atoms with Crippen molar-refractivity contribution in [3.05, 3.63) is 71.4 Å². The number of amides is 2. The fourth-order valence-electron chi connectivity index (χ4n) is 5.11. The number of benzene rings is 2. The molecule has 3 N–H and O–H groups in total. The summed E-state index contributed by atoms with van der Waals surface area (Å²) in [6.45, 7) is 13.0. The highest BCUT2D eigenvalue weighted by Gasteiger charge is 2.26. The van der Waals surface area contributed by atoms with Crippen LogP contribution in [-0.2, 0) is 11.8 Å². The van der Waals surface area contributed by atoms with E-state index < -0.39 is 0 Å². The predicted molar refractivity (Wildman–Crippen MR) is 164 cm³/mol. The second kappa shape index (κ2) is 13.5. The smallest absolute Gasteiger partial charge is 0.311 e. The van der Waals surface area contributed by atoms with Crippen LogP contribution in [0.15, 0.2) is 54.6 Å². The summed E-state index contributed by atoms with van der Waals surface area (Å²) in [6, 6.07) is 19.1. The molecule has 4 rings (SSSR count). The van der Waals surface area contributed by atoms with Crippen LogP contribution in [0.3, 0.4) is 0 Å². The Kier molecular flexibility index (Phi) is 11.3. The highest BCUT2D eigenvalue weighted by Crippen LogP contribution is 2.29. The Hall–Kier alpha value is -2.54. The molecule has 3 atom stereocenters. The Balaban J connectivity index is 0.00000253. The van der Waals surface area contributed by atoms with Crippen LogP contribution in [0.5, 0.6) is 0 Å². The maximum atomic E-state index is 13.2. The third-order valence-electron chi connectivity index (χ3n) is 7.09. The van der Waals surface area contributed by atoms with Gasteiger partial charge in [0.05, 0.1) is 11.4 Å². The number of carbonyl (C=O) groups is 1. The second-order valence-electron chi connectivity index (χ2n) is 11.4. The molecule has 2 heterocycles. The molecule has 3 aromatic rings. The van der Waals surface area contributed by atoms with E-state index in [1.54, 1.807) is 0 Å². The number of para-hydroxylation sites is 1. The molecular formula is C30H43Cl2N5O. The molecule has 6 nitrogen and oxygen atoms in total. The molecule has 8 heteroatoms. The van der Waals surface area contributed by atoms with Crippen LogP contribution in [-0.4, -0.2) is 27.9 Å². The minimum atomic E-state index is -0.263.